The van der Waals surface area contributed by atoms with Crippen molar-refractivity contribution in [3.8, 4) is 11.1 Å². The lowest BCUT2D eigenvalue weighted by atomic mass is 9.73. The third-order valence-electron chi connectivity index (χ3n) is 10.4. The van der Waals surface area contributed by atoms with Crippen LogP contribution in [0, 0.1) is 0 Å². The lowest BCUT2D eigenvalue weighted by Gasteiger charge is -2.42. The van der Waals surface area contributed by atoms with Gasteiger partial charge in [-0.25, -0.2) is 0 Å². The first-order valence-electron chi connectivity index (χ1n) is 16.4. The zero-order valence-corrected chi connectivity index (χ0v) is 27.0. The van der Waals surface area contributed by atoms with E-state index in [1.165, 1.54) is 67.1 Å². The molecule has 1 nitrogen and oxygen atoms in total. The van der Waals surface area contributed by atoms with E-state index in [1.807, 2.05) is 0 Å². The normalized spacial score (nSPS) is 16.0. The summed E-state index contributed by atoms with van der Waals surface area (Å²) in [6.07, 6.45) is 4.72. The van der Waals surface area contributed by atoms with Gasteiger partial charge < -0.3 is 4.90 Å². The maximum atomic E-state index is 2.46. The van der Waals surface area contributed by atoms with Crippen molar-refractivity contribution in [3.63, 3.8) is 0 Å². The Balaban J connectivity index is 1.22. The average Bonchev–Trinajstić information content (AvgIpc) is 3.32. The van der Waals surface area contributed by atoms with E-state index >= 15 is 0 Å². The maximum Gasteiger partial charge on any atom is 0.0503 e. The summed E-state index contributed by atoms with van der Waals surface area (Å²) in [5.74, 6) is 0.136. The summed E-state index contributed by atoms with van der Waals surface area (Å²) in [7, 11) is 0. The van der Waals surface area contributed by atoms with Crippen molar-refractivity contribution in [3.05, 3.63) is 191 Å². The Morgan fingerprint density at radius 3 is 1.87 bits per heavy atom. The van der Waals surface area contributed by atoms with Gasteiger partial charge in [-0.15, -0.1) is 0 Å². The van der Waals surface area contributed by atoms with E-state index in [9.17, 15) is 0 Å². The van der Waals surface area contributed by atoms with Crippen molar-refractivity contribution in [1.82, 2.24) is 0 Å². The van der Waals surface area contributed by atoms with E-state index in [4.69, 9.17) is 0 Å². The van der Waals surface area contributed by atoms with Crippen LogP contribution < -0.4 is 4.90 Å². The molecule has 0 spiro atoms. The van der Waals surface area contributed by atoms with E-state index in [1.54, 1.807) is 0 Å². The second-order valence-electron chi connectivity index (χ2n) is 13.8. The van der Waals surface area contributed by atoms with Crippen molar-refractivity contribution >= 4 is 23.1 Å². The highest BCUT2D eigenvalue weighted by atomic mass is 15.2. The molecule has 1 atom stereocenters. The number of fused-ring (bicyclic) bond motifs is 5. The van der Waals surface area contributed by atoms with Crippen LogP contribution in [0.2, 0.25) is 0 Å². The third-order valence-corrected chi connectivity index (χ3v) is 10.4. The van der Waals surface area contributed by atoms with Gasteiger partial charge in [0.05, 0.1) is 11.4 Å². The quantitative estimate of drug-likeness (QED) is 0.192. The smallest absolute Gasteiger partial charge is 0.0503 e. The van der Waals surface area contributed by atoms with Gasteiger partial charge in [-0.1, -0.05) is 155 Å². The van der Waals surface area contributed by atoms with E-state index in [2.05, 4.69) is 190 Å². The summed E-state index contributed by atoms with van der Waals surface area (Å²) in [4.78, 5) is 2.42. The van der Waals surface area contributed by atoms with Crippen LogP contribution >= 0.6 is 0 Å². The first-order chi connectivity index (χ1) is 22.3. The SMILES string of the molecule is CC1(C)c2ccccc2-c2ccc(C(/C=C/c3ccc4c(c3)C(C)(C)c3ccccc3N4c3ccccc3)c3ccccc3)cc21. The number of anilines is 3. The number of allylic oxidation sites excluding steroid dienone is 1. The lowest BCUT2D eigenvalue weighted by Crippen LogP contribution is -2.30. The monoisotopic (exact) mass is 593 g/mol. The molecule has 0 bridgehead atoms. The first kappa shape index (κ1) is 28.3. The lowest BCUT2D eigenvalue weighted by molar-refractivity contribution is 0.631. The molecule has 2 aliphatic rings. The molecule has 8 rings (SSSR count). The highest BCUT2D eigenvalue weighted by molar-refractivity contribution is 5.86. The predicted molar refractivity (Wildman–Crippen MR) is 195 cm³/mol. The number of para-hydroxylation sites is 2. The average molecular weight is 594 g/mol. The summed E-state index contributed by atoms with van der Waals surface area (Å²) in [6, 6.07) is 53.5. The third kappa shape index (κ3) is 4.45. The molecular formula is C45H39N. The molecule has 0 aromatic heterocycles. The number of hydrogen-bond donors (Lipinski definition) is 0. The molecule has 46 heavy (non-hydrogen) atoms. The molecule has 1 unspecified atom stereocenters. The van der Waals surface area contributed by atoms with Gasteiger partial charge in [0.25, 0.3) is 0 Å². The fraction of sp³-hybridized carbons (Fsp3) is 0.156. The second kappa shape index (κ2) is 10.7. The Hall–Kier alpha value is -5.14. The molecule has 1 aliphatic heterocycles. The summed E-state index contributed by atoms with van der Waals surface area (Å²) >= 11 is 0. The minimum absolute atomic E-state index is 0.0299. The molecular weight excluding hydrogens is 555 g/mol. The molecule has 0 fully saturated rings. The van der Waals surface area contributed by atoms with Crippen LogP contribution in [-0.4, -0.2) is 0 Å². The minimum Gasteiger partial charge on any atom is -0.310 e. The molecule has 224 valence electrons. The van der Waals surface area contributed by atoms with Gasteiger partial charge in [0.15, 0.2) is 0 Å². The topological polar surface area (TPSA) is 3.24 Å². The number of nitrogens with zero attached hydrogens (tertiary/aromatic N) is 1. The summed E-state index contributed by atoms with van der Waals surface area (Å²) in [6.45, 7) is 9.44. The van der Waals surface area contributed by atoms with Crippen LogP contribution in [0.3, 0.4) is 0 Å². The van der Waals surface area contributed by atoms with Gasteiger partial charge in [-0.2, -0.15) is 0 Å². The van der Waals surface area contributed by atoms with Crippen molar-refractivity contribution in [2.75, 3.05) is 4.90 Å². The molecule has 1 heteroatoms. The number of benzene rings is 6. The Bertz CT molecular complexity index is 2100. The highest BCUT2D eigenvalue weighted by Gasteiger charge is 2.37. The van der Waals surface area contributed by atoms with E-state index in [0.29, 0.717) is 0 Å². The van der Waals surface area contributed by atoms with E-state index < -0.39 is 0 Å². The van der Waals surface area contributed by atoms with Gasteiger partial charge in [-0.05, 0) is 80.4 Å². The number of rotatable bonds is 5. The van der Waals surface area contributed by atoms with Gasteiger partial charge >= 0.3 is 0 Å². The number of hydrogen-bond acceptors (Lipinski definition) is 1. The zero-order chi connectivity index (χ0) is 31.5. The Morgan fingerprint density at radius 1 is 0.478 bits per heavy atom. The van der Waals surface area contributed by atoms with Crippen LogP contribution in [0.1, 0.15) is 72.6 Å². The predicted octanol–water partition coefficient (Wildman–Crippen LogP) is 11.9. The minimum atomic E-state index is -0.138. The molecule has 0 saturated heterocycles. The molecule has 0 amide bonds. The molecule has 1 aliphatic carbocycles. The first-order valence-corrected chi connectivity index (χ1v) is 16.4. The van der Waals surface area contributed by atoms with Gasteiger partial charge in [-0.3, -0.25) is 0 Å². The fourth-order valence-corrected chi connectivity index (χ4v) is 7.88. The van der Waals surface area contributed by atoms with Crippen molar-refractivity contribution in [2.24, 2.45) is 0 Å². The summed E-state index contributed by atoms with van der Waals surface area (Å²) in [5.41, 5.74) is 15.6. The van der Waals surface area contributed by atoms with Gasteiger partial charge in [0, 0.05) is 22.4 Å². The molecule has 0 N–H and O–H groups in total. The van der Waals surface area contributed by atoms with Crippen molar-refractivity contribution < 1.29 is 0 Å². The van der Waals surface area contributed by atoms with Crippen LogP contribution in [0.5, 0.6) is 0 Å². The zero-order valence-electron chi connectivity index (χ0n) is 27.0. The van der Waals surface area contributed by atoms with Crippen LogP contribution in [0.15, 0.2) is 152 Å². The Labute approximate surface area is 273 Å². The standard InChI is InChI=1S/C45H39N/c1-44(2)38-20-12-11-19-36(38)37-27-25-33(30-40(37)44)35(32-15-7-5-8-16-32)26-23-31-24-28-43-41(29-31)45(3,4)39-21-13-14-22-42(39)46(43)34-17-9-6-10-18-34/h5-30,35H,1-4H3/b26-23+. The Morgan fingerprint density at radius 2 is 1.09 bits per heavy atom. The van der Waals surface area contributed by atoms with Crippen LogP contribution in [0.4, 0.5) is 17.1 Å². The van der Waals surface area contributed by atoms with Gasteiger partial charge in [0.1, 0.15) is 0 Å². The van der Waals surface area contributed by atoms with E-state index in [-0.39, 0.29) is 16.7 Å². The fourth-order valence-electron chi connectivity index (χ4n) is 7.88. The van der Waals surface area contributed by atoms with Crippen molar-refractivity contribution in [1.29, 1.82) is 0 Å². The van der Waals surface area contributed by atoms with Gasteiger partial charge in [0.2, 0.25) is 0 Å². The molecule has 6 aromatic rings. The van der Waals surface area contributed by atoms with Crippen molar-refractivity contribution in [2.45, 2.75) is 44.4 Å². The second-order valence-corrected chi connectivity index (χ2v) is 13.8. The largest absolute Gasteiger partial charge is 0.310 e. The maximum absolute atomic E-state index is 2.46. The molecule has 6 aromatic carbocycles. The molecule has 1 heterocycles. The summed E-state index contributed by atoms with van der Waals surface area (Å²) in [5, 5.41) is 0. The van der Waals surface area contributed by atoms with E-state index in [0.717, 1.165) is 0 Å². The Kier molecular flexibility index (Phi) is 6.62. The molecule has 0 radical (unpaired) electrons. The van der Waals surface area contributed by atoms with Crippen LogP contribution in [0.25, 0.3) is 17.2 Å². The van der Waals surface area contributed by atoms with Crippen LogP contribution in [-0.2, 0) is 10.8 Å². The molecule has 0 saturated carbocycles. The summed E-state index contributed by atoms with van der Waals surface area (Å²) < 4.78 is 0. The highest BCUT2D eigenvalue weighted by Crippen LogP contribution is 2.52.